The van der Waals surface area contributed by atoms with Crippen molar-refractivity contribution >= 4 is 174 Å². The van der Waals surface area contributed by atoms with Gasteiger partial charge in [-0.3, -0.25) is 0 Å². The van der Waals surface area contributed by atoms with Gasteiger partial charge in [0.05, 0.1) is 6.85 Å². The van der Waals surface area contributed by atoms with E-state index in [0.29, 0.717) is 5.56 Å². The molecule has 0 spiro atoms. The first kappa shape index (κ1) is 60.6. The highest BCUT2D eigenvalue weighted by molar-refractivity contribution is 6.29. The van der Waals surface area contributed by atoms with Gasteiger partial charge in [-0.1, -0.05) is 364 Å². The lowest BCUT2D eigenvalue weighted by molar-refractivity contribution is 0.670. The second-order valence-corrected chi connectivity index (χ2v) is 29.8. The Morgan fingerprint density at radius 1 is 0.165 bits per heavy atom. The molecular weight excluding hydrogens is 1390 g/mol. The van der Waals surface area contributed by atoms with Crippen LogP contribution in [0, 0.1) is 0 Å². The standard InChI is InChI=1S/C40H24O.2C36H22O/c1-2-11-27-23-28(18-17-25(27)9-1)38-32-13-5-7-15-34(32)39(35-16-8-6-14-33(35)38)29-20-21-31-36-22-19-26-10-3-4-12-30(26)40(36)41-37(31)24-29;1-2-12-24(13-3-1)33-26-15-6-8-17-28(26)34(29-18-9-7-16-27(29)33)30-19-10-20-31-35-25-14-5-4-11-23(25)21-22-32(35)37-36(30)31;1-2-11-24(12-3-1)34-28-14-6-8-16-30(28)35(31-17-9-7-15-29(31)34)25-19-20-27-32-21-18-23-10-4-5-13-26(23)36(32)37-33(27)22-25/h1-24H;2*1-22H/i;;1D,2D,3D,11D,12D. The predicted octanol–water partition coefficient (Wildman–Crippen LogP) is 32.3. The average Bonchev–Trinajstić information content (AvgIpc) is 1.08. The molecule has 0 fully saturated rings. The van der Waals surface area contributed by atoms with Crippen LogP contribution in [0.3, 0.4) is 0 Å². The smallest absolute Gasteiger partial charge is 0.143 e. The summed E-state index contributed by atoms with van der Waals surface area (Å²) < 4.78 is 62.0. The molecule has 0 aliphatic heterocycles. The molecule has 0 aliphatic rings. The molecule has 3 heterocycles. The SMILES string of the molecule is [2H]c1c([2H])c([2H])c(-c2c3ccccc3c(-c3ccc4c(c3)oc3c5ccccc5ccc43)c3ccccc23)c([2H])c1[2H].c1ccc(-c2c3ccccc3c(-c3cccc4c3oc3ccc5ccccc5c34)c3ccccc23)cc1.c1ccc2cc(-c3c4ccccc4c(-c4ccc5c(c4)oc4c6ccccc6ccc54)c4ccccc34)ccc2c1. The Balaban J connectivity index is 0.000000105. The molecule has 0 aliphatic carbocycles. The van der Waals surface area contributed by atoms with Gasteiger partial charge in [-0.2, -0.15) is 0 Å². The minimum Gasteiger partial charge on any atom is -0.455 e. The fourth-order valence-electron chi connectivity index (χ4n) is 18.6. The zero-order valence-corrected chi connectivity index (χ0v) is 62.1. The minimum atomic E-state index is -0.397. The van der Waals surface area contributed by atoms with Crippen LogP contribution in [-0.4, -0.2) is 0 Å². The van der Waals surface area contributed by atoms with E-state index in [0.717, 1.165) is 115 Å². The molecule has 22 aromatic carbocycles. The Kier molecular flexibility index (Phi) is 14.1. The maximum Gasteiger partial charge on any atom is 0.143 e. The third-order valence-electron chi connectivity index (χ3n) is 23.6. The third kappa shape index (κ3) is 10.7. The van der Waals surface area contributed by atoms with Gasteiger partial charge in [-0.25, -0.2) is 0 Å². The fraction of sp³-hybridized carbons (Fsp3) is 0. The first-order valence-corrected chi connectivity index (χ1v) is 39.1. The van der Waals surface area contributed by atoms with E-state index in [-0.39, 0.29) is 29.7 Å². The average molecular weight is 1470 g/mol. The van der Waals surface area contributed by atoms with Gasteiger partial charge >= 0.3 is 0 Å². The van der Waals surface area contributed by atoms with E-state index in [4.69, 9.17) is 20.1 Å². The molecule has 0 radical (unpaired) electrons. The second-order valence-electron chi connectivity index (χ2n) is 29.8. The van der Waals surface area contributed by atoms with E-state index in [2.05, 4.69) is 322 Å². The van der Waals surface area contributed by atoms with E-state index in [1.54, 1.807) is 0 Å². The summed E-state index contributed by atoms with van der Waals surface area (Å²) >= 11 is 0. The lowest BCUT2D eigenvalue weighted by atomic mass is 9.85. The van der Waals surface area contributed by atoms with Crippen LogP contribution in [0.15, 0.2) is 426 Å². The number of rotatable bonds is 6. The zero-order chi connectivity index (χ0) is 80.0. The summed E-state index contributed by atoms with van der Waals surface area (Å²) in [6.45, 7) is 0. The molecule has 0 bridgehead atoms. The van der Waals surface area contributed by atoms with E-state index in [1.165, 1.54) is 114 Å². The lowest BCUT2D eigenvalue weighted by Gasteiger charge is -2.18. The van der Waals surface area contributed by atoms with Crippen LogP contribution < -0.4 is 0 Å². The maximum absolute atomic E-state index is 8.76. The van der Waals surface area contributed by atoms with Crippen molar-refractivity contribution in [2.45, 2.75) is 0 Å². The molecule has 3 nitrogen and oxygen atoms in total. The largest absolute Gasteiger partial charge is 0.455 e. The van der Waals surface area contributed by atoms with Crippen molar-refractivity contribution in [2.75, 3.05) is 0 Å². The van der Waals surface area contributed by atoms with Crippen molar-refractivity contribution in [3.63, 3.8) is 0 Å². The van der Waals surface area contributed by atoms with Crippen LogP contribution in [0.4, 0.5) is 0 Å². The normalized spacial score (nSPS) is 12.4. The first-order valence-electron chi connectivity index (χ1n) is 41.6. The van der Waals surface area contributed by atoms with Gasteiger partial charge in [0.25, 0.3) is 0 Å². The predicted molar refractivity (Wildman–Crippen MR) is 489 cm³/mol. The van der Waals surface area contributed by atoms with Crippen LogP contribution in [-0.2, 0) is 0 Å². The van der Waals surface area contributed by atoms with Crippen LogP contribution in [0.5, 0.6) is 0 Å². The summed E-state index contributed by atoms with van der Waals surface area (Å²) in [6.07, 6.45) is 0. The molecule has 0 saturated carbocycles. The summed E-state index contributed by atoms with van der Waals surface area (Å²) in [5.74, 6) is 0. The van der Waals surface area contributed by atoms with Gasteiger partial charge in [0.1, 0.15) is 33.5 Å². The van der Waals surface area contributed by atoms with Gasteiger partial charge < -0.3 is 13.3 Å². The van der Waals surface area contributed by atoms with Gasteiger partial charge in [0, 0.05) is 54.2 Å². The summed E-state index contributed by atoms with van der Waals surface area (Å²) in [6, 6.07) is 133. The first-order chi connectivity index (χ1) is 59.1. The second kappa shape index (κ2) is 26.8. The Morgan fingerprint density at radius 2 is 0.487 bits per heavy atom. The quantitative estimate of drug-likeness (QED) is 0.156. The number of fused-ring (bicyclic) bond motifs is 22. The van der Waals surface area contributed by atoms with Gasteiger partial charge in [0.2, 0.25) is 0 Å². The van der Waals surface area contributed by atoms with Crippen LogP contribution in [0.1, 0.15) is 6.85 Å². The molecular formula is C112H68O3. The Bertz CT molecular complexity index is 8430. The number of hydrogen-bond donors (Lipinski definition) is 0. The van der Waals surface area contributed by atoms with Crippen LogP contribution in [0.2, 0.25) is 0 Å². The lowest BCUT2D eigenvalue weighted by Crippen LogP contribution is -1.90. The van der Waals surface area contributed by atoms with Crippen molar-refractivity contribution in [2.24, 2.45) is 0 Å². The summed E-state index contributed by atoms with van der Waals surface area (Å²) in [7, 11) is 0. The Labute approximate surface area is 668 Å². The van der Waals surface area contributed by atoms with E-state index in [9.17, 15) is 0 Å². The Morgan fingerprint density at radius 3 is 0.957 bits per heavy atom. The fourth-order valence-corrected chi connectivity index (χ4v) is 18.6. The Hall–Kier alpha value is -15.2. The summed E-state index contributed by atoms with van der Waals surface area (Å²) in [5, 5.41) is 29.8. The van der Waals surface area contributed by atoms with Gasteiger partial charge in [0.15, 0.2) is 0 Å². The van der Waals surface area contributed by atoms with Crippen molar-refractivity contribution in [1.82, 2.24) is 0 Å². The molecule has 0 saturated heterocycles. The van der Waals surface area contributed by atoms with Crippen molar-refractivity contribution in [3.05, 3.63) is 412 Å². The van der Waals surface area contributed by atoms with Crippen molar-refractivity contribution < 1.29 is 20.1 Å². The number of hydrogen-bond acceptors (Lipinski definition) is 3. The van der Waals surface area contributed by atoms with E-state index in [1.807, 2.05) is 60.7 Å². The monoisotopic (exact) mass is 1470 g/mol. The highest BCUT2D eigenvalue weighted by Crippen LogP contribution is 2.51. The van der Waals surface area contributed by atoms with E-state index < -0.39 is 6.04 Å². The molecule has 25 rings (SSSR count). The molecule has 0 unspecified atom stereocenters. The van der Waals surface area contributed by atoms with Gasteiger partial charge in [-0.15, -0.1) is 0 Å². The molecule has 3 heteroatoms. The van der Waals surface area contributed by atoms with Gasteiger partial charge in [-0.05, 0) is 201 Å². The van der Waals surface area contributed by atoms with Crippen LogP contribution in [0.25, 0.3) is 240 Å². The topological polar surface area (TPSA) is 39.4 Å². The van der Waals surface area contributed by atoms with E-state index >= 15 is 0 Å². The molecule has 0 amide bonds. The molecule has 115 heavy (non-hydrogen) atoms. The zero-order valence-electron chi connectivity index (χ0n) is 67.1. The highest BCUT2D eigenvalue weighted by atomic mass is 16.3. The molecule has 0 atom stereocenters. The molecule has 534 valence electrons. The summed E-state index contributed by atoms with van der Waals surface area (Å²) in [5.41, 5.74) is 18.0. The number of furan rings is 3. The summed E-state index contributed by atoms with van der Waals surface area (Å²) in [4.78, 5) is 0. The maximum atomic E-state index is 8.76. The van der Waals surface area contributed by atoms with Crippen molar-refractivity contribution in [1.29, 1.82) is 0 Å². The number of benzene rings is 22. The van der Waals surface area contributed by atoms with Crippen molar-refractivity contribution in [3.8, 4) is 66.8 Å². The highest BCUT2D eigenvalue weighted by Gasteiger charge is 2.24. The number of para-hydroxylation sites is 1. The molecule has 3 aromatic heterocycles. The minimum absolute atomic E-state index is 0.208. The molecule has 0 N–H and O–H groups in total. The third-order valence-corrected chi connectivity index (χ3v) is 23.6. The molecule has 25 aromatic rings. The van der Waals surface area contributed by atoms with Crippen LogP contribution >= 0.6 is 0 Å².